The first-order chi connectivity index (χ1) is 17.7. The molecular weight excluding hydrogens is 440 g/mol. The van der Waals surface area contributed by atoms with Gasteiger partial charge < -0.3 is 5.32 Å². The molecule has 0 bridgehead atoms. The summed E-state index contributed by atoms with van der Waals surface area (Å²) in [6, 6.07) is 10.5. The van der Waals surface area contributed by atoms with Gasteiger partial charge in [-0.25, -0.2) is 4.98 Å². The first-order valence-electron chi connectivity index (χ1n) is 14.4. The maximum Gasteiger partial charge on any atom is 0.157 e. The zero-order chi connectivity index (χ0) is 25.6. The molecule has 36 heavy (non-hydrogen) atoms. The van der Waals surface area contributed by atoms with Crippen molar-refractivity contribution >= 4 is 22.5 Å². The number of nitrogens with zero attached hydrogens (tertiary/aromatic N) is 3. The molecule has 0 saturated heterocycles. The Labute approximate surface area is 218 Å². The van der Waals surface area contributed by atoms with Gasteiger partial charge >= 0.3 is 0 Å². The molecule has 3 aromatic rings. The summed E-state index contributed by atoms with van der Waals surface area (Å²) >= 11 is 0. The van der Waals surface area contributed by atoms with Crippen molar-refractivity contribution in [3.63, 3.8) is 0 Å². The summed E-state index contributed by atoms with van der Waals surface area (Å²) in [6.07, 6.45) is 21.8. The SMILES string of the molecule is C=CCc1c(C)c(C#N)c2nc3ccccc3n2c1NCCCCCCCCCCCCCCCC. The Morgan fingerprint density at radius 3 is 2.08 bits per heavy atom. The molecule has 1 N–H and O–H groups in total. The van der Waals surface area contributed by atoms with Crippen LogP contribution in [0.5, 0.6) is 0 Å². The summed E-state index contributed by atoms with van der Waals surface area (Å²) in [4.78, 5) is 4.80. The van der Waals surface area contributed by atoms with Gasteiger partial charge in [-0.15, -0.1) is 6.58 Å². The van der Waals surface area contributed by atoms with Crippen LogP contribution in [-0.2, 0) is 6.42 Å². The lowest BCUT2D eigenvalue weighted by molar-refractivity contribution is 0.537. The van der Waals surface area contributed by atoms with Crippen LogP contribution >= 0.6 is 0 Å². The molecule has 0 unspecified atom stereocenters. The Morgan fingerprint density at radius 1 is 0.917 bits per heavy atom. The molecule has 0 aliphatic rings. The van der Waals surface area contributed by atoms with Crippen LogP contribution in [0.15, 0.2) is 36.9 Å². The molecule has 0 aliphatic heterocycles. The van der Waals surface area contributed by atoms with Gasteiger partial charge in [-0.2, -0.15) is 5.26 Å². The highest BCUT2D eigenvalue weighted by Crippen LogP contribution is 2.31. The van der Waals surface area contributed by atoms with Crippen LogP contribution in [0.25, 0.3) is 16.7 Å². The first-order valence-corrected chi connectivity index (χ1v) is 14.4. The van der Waals surface area contributed by atoms with Gasteiger partial charge in [0.05, 0.1) is 16.6 Å². The number of rotatable bonds is 18. The smallest absolute Gasteiger partial charge is 0.157 e. The lowest BCUT2D eigenvalue weighted by Crippen LogP contribution is -2.12. The van der Waals surface area contributed by atoms with Crippen molar-refractivity contribution in [1.82, 2.24) is 9.38 Å². The number of fused-ring (bicyclic) bond motifs is 3. The number of pyridine rings is 1. The molecule has 194 valence electrons. The summed E-state index contributed by atoms with van der Waals surface area (Å²) in [6.45, 7) is 9.21. The van der Waals surface area contributed by atoms with E-state index in [9.17, 15) is 5.26 Å². The summed E-state index contributed by atoms with van der Waals surface area (Å²) < 4.78 is 2.14. The monoisotopic (exact) mass is 486 g/mol. The molecule has 3 rings (SSSR count). The van der Waals surface area contributed by atoms with Gasteiger partial charge in [-0.1, -0.05) is 109 Å². The third-order valence-electron chi connectivity index (χ3n) is 7.40. The topological polar surface area (TPSA) is 53.1 Å². The number of imidazole rings is 1. The molecule has 1 aromatic carbocycles. The lowest BCUT2D eigenvalue weighted by Gasteiger charge is -2.18. The molecule has 2 aromatic heterocycles. The highest BCUT2D eigenvalue weighted by Gasteiger charge is 2.19. The van der Waals surface area contributed by atoms with Crippen molar-refractivity contribution in [2.75, 3.05) is 11.9 Å². The van der Waals surface area contributed by atoms with Crippen molar-refractivity contribution < 1.29 is 0 Å². The van der Waals surface area contributed by atoms with E-state index in [0.717, 1.165) is 53.0 Å². The van der Waals surface area contributed by atoms with Gasteiger partial charge in [-0.3, -0.25) is 4.40 Å². The maximum atomic E-state index is 9.89. The fraction of sp³-hybridized carbons (Fsp3) is 0.562. The predicted octanol–water partition coefficient (Wildman–Crippen LogP) is 9.29. The molecule has 0 saturated carbocycles. The van der Waals surface area contributed by atoms with Crippen LogP contribution in [0, 0.1) is 18.3 Å². The van der Waals surface area contributed by atoms with Gasteiger partial charge in [0.25, 0.3) is 0 Å². The van der Waals surface area contributed by atoms with Crippen LogP contribution in [0.2, 0.25) is 0 Å². The van der Waals surface area contributed by atoms with E-state index in [1.165, 1.54) is 83.5 Å². The van der Waals surface area contributed by atoms with E-state index < -0.39 is 0 Å². The number of unbranched alkanes of at least 4 members (excludes halogenated alkanes) is 13. The number of aromatic nitrogens is 2. The van der Waals surface area contributed by atoms with Crippen LogP contribution in [0.3, 0.4) is 0 Å². The van der Waals surface area contributed by atoms with Crippen molar-refractivity contribution in [1.29, 1.82) is 5.26 Å². The van der Waals surface area contributed by atoms with Crippen molar-refractivity contribution in [3.05, 3.63) is 53.6 Å². The van der Waals surface area contributed by atoms with E-state index in [0.29, 0.717) is 5.56 Å². The Hall–Kier alpha value is -2.80. The second kappa shape index (κ2) is 15.3. The molecule has 0 spiro atoms. The predicted molar refractivity (Wildman–Crippen MR) is 155 cm³/mol. The molecule has 0 radical (unpaired) electrons. The van der Waals surface area contributed by atoms with Crippen LogP contribution in [0.4, 0.5) is 5.82 Å². The number of hydrogen-bond donors (Lipinski definition) is 1. The number of benzene rings is 1. The van der Waals surface area contributed by atoms with E-state index in [1.54, 1.807) is 0 Å². The molecular formula is C32H46N4. The largest absolute Gasteiger partial charge is 0.371 e. The Bertz CT molecular complexity index is 1130. The van der Waals surface area contributed by atoms with E-state index in [4.69, 9.17) is 4.98 Å². The average molecular weight is 487 g/mol. The van der Waals surface area contributed by atoms with Gasteiger partial charge in [0, 0.05) is 12.1 Å². The Kier molecular flexibility index (Phi) is 11.8. The summed E-state index contributed by atoms with van der Waals surface area (Å²) in [5.41, 5.74) is 5.50. The Morgan fingerprint density at radius 2 is 1.50 bits per heavy atom. The zero-order valence-corrected chi connectivity index (χ0v) is 22.7. The van der Waals surface area contributed by atoms with Crippen molar-refractivity contribution in [2.45, 2.75) is 110 Å². The van der Waals surface area contributed by atoms with Crippen molar-refractivity contribution in [2.24, 2.45) is 0 Å². The standard InChI is InChI=1S/C32H46N4/c1-4-6-7-8-9-10-11-12-13-14-15-16-17-20-24-34-31-27(21-5-2)26(3)28(25-33)32-35-29-22-18-19-23-30(29)36(31)32/h5,18-19,22-23,34H,2,4,6-17,20-21,24H2,1,3H3. The third kappa shape index (κ3) is 7.36. The van der Waals surface area contributed by atoms with Crippen LogP contribution in [0.1, 0.15) is 114 Å². The molecule has 0 fully saturated rings. The quantitative estimate of drug-likeness (QED) is 0.144. The fourth-order valence-electron chi connectivity index (χ4n) is 5.29. The van der Waals surface area contributed by atoms with Gasteiger partial charge in [0.1, 0.15) is 11.9 Å². The third-order valence-corrected chi connectivity index (χ3v) is 7.40. The van der Waals surface area contributed by atoms with E-state index in [-0.39, 0.29) is 0 Å². The zero-order valence-electron chi connectivity index (χ0n) is 22.7. The molecule has 4 nitrogen and oxygen atoms in total. The molecule has 0 atom stereocenters. The number of para-hydroxylation sites is 2. The second-order valence-corrected chi connectivity index (χ2v) is 10.2. The summed E-state index contributed by atoms with van der Waals surface area (Å²) in [7, 11) is 0. The maximum absolute atomic E-state index is 9.89. The average Bonchev–Trinajstić information content (AvgIpc) is 3.27. The van der Waals surface area contributed by atoms with E-state index >= 15 is 0 Å². The van der Waals surface area contributed by atoms with Gasteiger partial charge in [-0.05, 0) is 37.5 Å². The lowest BCUT2D eigenvalue weighted by atomic mass is 10.0. The summed E-state index contributed by atoms with van der Waals surface area (Å²) in [5, 5.41) is 13.6. The minimum atomic E-state index is 0.657. The van der Waals surface area contributed by atoms with Crippen LogP contribution in [-0.4, -0.2) is 15.9 Å². The first kappa shape index (κ1) is 27.8. The van der Waals surface area contributed by atoms with E-state index in [1.807, 2.05) is 31.2 Å². The number of nitrogens with one attached hydrogen (secondary N) is 1. The number of nitriles is 1. The van der Waals surface area contributed by atoms with Gasteiger partial charge in [0.15, 0.2) is 5.65 Å². The minimum absolute atomic E-state index is 0.657. The highest BCUT2D eigenvalue weighted by atomic mass is 15.1. The second-order valence-electron chi connectivity index (χ2n) is 10.2. The van der Waals surface area contributed by atoms with Crippen molar-refractivity contribution in [3.8, 4) is 6.07 Å². The highest BCUT2D eigenvalue weighted by molar-refractivity contribution is 5.86. The minimum Gasteiger partial charge on any atom is -0.371 e. The molecule has 0 aliphatic carbocycles. The Balaban J connectivity index is 1.47. The molecule has 0 amide bonds. The number of anilines is 1. The van der Waals surface area contributed by atoms with Crippen LogP contribution < -0.4 is 5.32 Å². The van der Waals surface area contributed by atoms with Gasteiger partial charge in [0.2, 0.25) is 0 Å². The number of allylic oxidation sites excluding steroid dienone is 1. The fourth-order valence-corrected chi connectivity index (χ4v) is 5.29. The normalized spacial score (nSPS) is 11.2. The number of hydrogen-bond acceptors (Lipinski definition) is 3. The molecule has 4 heteroatoms. The molecule has 2 heterocycles. The van der Waals surface area contributed by atoms with E-state index in [2.05, 4.69) is 35.4 Å². The summed E-state index contributed by atoms with van der Waals surface area (Å²) in [5.74, 6) is 1.06.